The lowest BCUT2D eigenvalue weighted by molar-refractivity contribution is 0.174. The zero-order valence-electron chi connectivity index (χ0n) is 9.93. The topological polar surface area (TPSA) is 66.6 Å². The minimum Gasteiger partial charge on any atom is -0.485 e. The number of hydrogen-bond donors (Lipinski definition) is 1. The lowest BCUT2D eigenvalue weighted by atomic mass is 10.2. The first-order valence-corrected chi connectivity index (χ1v) is 6.43. The van der Waals surface area contributed by atoms with E-state index in [1.165, 1.54) is 0 Å². The fraction of sp³-hybridized carbons (Fsp3) is 0.154. The monoisotopic (exact) mass is 322 g/mol. The SMILES string of the molecule is Nc1cncc(Br)c1OCc1ccc2c(c1)OCO2. The summed E-state index contributed by atoms with van der Waals surface area (Å²) in [6, 6.07) is 5.69. The third-order valence-electron chi connectivity index (χ3n) is 2.70. The first kappa shape index (κ1) is 12.1. The van der Waals surface area contributed by atoms with Crippen LogP contribution in [0.5, 0.6) is 17.2 Å². The van der Waals surface area contributed by atoms with Crippen LogP contribution < -0.4 is 19.9 Å². The lowest BCUT2D eigenvalue weighted by Crippen LogP contribution is -2.00. The Hall–Kier alpha value is -1.95. The predicted octanol–water partition coefficient (Wildman–Crippen LogP) is 2.73. The van der Waals surface area contributed by atoms with Crippen molar-refractivity contribution < 1.29 is 14.2 Å². The summed E-state index contributed by atoms with van der Waals surface area (Å²) in [5.74, 6) is 2.09. The van der Waals surface area contributed by atoms with Crippen molar-refractivity contribution >= 4 is 21.6 Å². The van der Waals surface area contributed by atoms with Crippen molar-refractivity contribution in [1.82, 2.24) is 4.98 Å². The zero-order valence-corrected chi connectivity index (χ0v) is 11.5. The highest BCUT2D eigenvalue weighted by Crippen LogP contribution is 2.34. The van der Waals surface area contributed by atoms with Crippen LogP contribution in [0.15, 0.2) is 35.1 Å². The second kappa shape index (κ2) is 4.97. The number of rotatable bonds is 3. The van der Waals surface area contributed by atoms with Crippen molar-refractivity contribution in [3.63, 3.8) is 0 Å². The van der Waals surface area contributed by atoms with Crippen LogP contribution in [0.1, 0.15) is 5.56 Å². The Balaban J connectivity index is 1.76. The van der Waals surface area contributed by atoms with Crippen LogP contribution in [0.3, 0.4) is 0 Å². The van der Waals surface area contributed by atoms with Crippen LogP contribution in [0, 0.1) is 0 Å². The van der Waals surface area contributed by atoms with Crippen LogP contribution in [0.2, 0.25) is 0 Å². The van der Waals surface area contributed by atoms with E-state index in [1.807, 2.05) is 18.2 Å². The van der Waals surface area contributed by atoms with Gasteiger partial charge >= 0.3 is 0 Å². The molecule has 3 rings (SSSR count). The molecule has 2 aromatic rings. The van der Waals surface area contributed by atoms with Crippen LogP contribution in [-0.2, 0) is 6.61 Å². The summed E-state index contributed by atoms with van der Waals surface area (Å²) in [5, 5.41) is 0. The van der Waals surface area contributed by atoms with Crippen molar-refractivity contribution in [3.05, 3.63) is 40.6 Å². The van der Waals surface area contributed by atoms with E-state index in [4.69, 9.17) is 19.9 Å². The Morgan fingerprint density at radius 2 is 2.11 bits per heavy atom. The molecule has 0 aliphatic carbocycles. The number of nitrogens with two attached hydrogens (primary N) is 1. The third-order valence-corrected chi connectivity index (χ3v) is 3.27. The average Bonchev–Trinajstić information content (AvgIpc) is 2.85. The number of nitrogens with zero attached hydrogens (tertiary/aromatic N) is 1. The Bertz CT molecular complexity index is 599. The van der Waals surface area contributed by atoms with Crippen molar-refractivity contribution in [1.29, 1.82) is 0 Å². The van der Waals surface area contributed by atoms with Gasteiger partial charge in [-0.15, -0.1) is 0 Å². The van der Waals surface area contributed by atoms with E-state index >= 15 is 0 Å². The highest BCUT2D eigenvalue weighted by molar-refractivity contribution is 9.10. The summed E-state index contributed by atoms with van der Waals surface area (Å²) in [6.45, 7) is 0.659. The van der Waals surface area contributed by atoms with Crippen molar-refractivity contribution in [2.75, 3.05) is 12.5 Å². The molecule has 1 aromatic carbocycles. The number of nitrogen functional groups attached to an aromatic ring is 1. The molecular weight excluding hydrogens is 312 g/mol. The molecule has 0 atom stereocenters. The number of anilines is 1. The zero-order chi connectivity index (χ0) is 13.2. The second-order valence-electron chi connectivity index (χ2n) is 4.02. The first-order chi connectivity index (χ1) is 9.24. The summed E-state index contributed by atoms with van der Waals surface area (Å²) in [7, 11) is 0. The molecule has 0 radical (unpaired) electrons. The minimum absolute atomic E-state index is 0.266. The molecule has 0 bridgehead atoms. The van der Waals surface area contributed by atoms with Crippen LogP contribution >= 0.6 is 15.9 Å². The minimum atomic E-state index is 0.266. The number of benzene rings is 1. The van der Waals surface area contributed by atoms with Gasteiger partial charge in [-0.1, -0.05) is 6.07 Å². The number of pyridine rings is 1. The lowest BCUT2D eigenvalue weighted by Gasteiger charge is -2.10. The van der Waals surface area contributed by atoms with Crippen molar-refractivity contribution in [3.8, 4) is 17.2 Å². The maximum atomic E-state index is 5.81. The molecule has 98 valence electrons. The molecule has 0 unspecified atom stereocenters. The van der Waals surface area contributed by atoms with Gasteiger partial charge in [0.1, 0.15) is 6.61 Å². The number of fused-ring (bicyclic) bond motifs is 1. The molecule has 2 N–H and O–H groups in total. The van der Waals surface area contributed by atoms with Gasteiger partial charge in [-0.25, -0.2) is 0 Å². The maximum Gasteiger partial charge on any atom is 0.231 e. The van der Waals surface area contributed by atoms with Gasteiger partial charge < -0.3 is 19.9 Å². The van der Waals surface area contributed by atoms with E-state index in [1.54, 1.807) is 12.4 Å². The van der Waals surface area contributed by atoms with Crippen molar-refractivity contribution in [2.24, 2.45) is 0 Å². The average molecular weight is 323 g/mol. The summed E-state index contributed by atoms with van der Waals surface area (Å²) in [4.78, 5) is 3.96. The smallest absolute Gasteiger partial charge is 0.231 e. The highest BCUT2D eigenvalue weighted by Gasteiger charge is 2.14. The molecule has 2 heterocycles. The van der Waals surface area contributed by atoms with Gasteiger partial charge in [0, 0.05) is 6.20 Å². The van der Waals surface area contributed by atoms with Gasteiger partial charge in [0.05, 0.1) is 16.4 Å². The van der Waals surface area contributed by atoms with Gasteiger partial charge in [0.25, 0.3) is 0 Å². The Morgan fingerprint density at radius 3 is 2.95 bits per heavy atom. The van der Waals surface area contributed by atoms with E-state index in [0.717, 1.165) is 21.5 Å². The summed E-state index contributed by atoms with van der Waals surface area (Å²) >= 11 is 3.36. The predicted molar refractivity (Wildman–Crippen MR) is 73.2 cm³/mol. The van der Waals surface area contributed by atoms with Gasteiger partial charge in [-0.05, 0) is 33.6 Å². The first-order valence-electron chi connectivity index (χ1n) is 5.64. The normalized spacial score (nSPS) is 12.5. The van der Waals surface area contributed by atoms with Gasteiger partial charge in [-0.3, -0.25) is 4.98 Å². The molecule has 0 spiro atoms. The van der Waals surface area contributed by atoms with E-state index in [0.29, 0.717) is 18.0 Å². The van der Waals surface area contributed by atoms with E-state index in [9.17, 15) is 0 Å². The van der Waals surface area contributed by atoms with Crippen LogP contribution in [0.4, 0.5) is 5.69 Å². The number of aromatic nitrogens is 1. The molecule has 1 aromatic heterocycles. The molecule has 0 fully saturated rings. The second-order valence-corrected chi connectivity index (χ2v) is 4.87. The molecule has 1 aliphatic heterocycles. The van der Waals surface area contributed by atoms with Gasteiger partial charge in [0.2, 0.25) is 6.79 Å². The largest absolute Gasteiger partial charge is 0.485 e. The molecule has 1 aliphatic rings. The quantitative estimate of drug-likeness (QED) is 0.941. The summed E-state index contributed by atoms with van der Waals surface area (Å²) in [5.41, 5.74) is 7.29. The molecule has 19 heavy (non-hydrogen) atoms. The number of ether oxygens (including phenoxy) is 3. The molecule has 0 saturated heterocycles. The Kier molecular flexibility index (Phi) is 3.16. The number of halogens is 1. The van der Waals surface area contributed by atoms with E-state index < -0.39 is 0 Å². The molecule has 6 heteroatoms. The third kappa shape index (κ3) is 2.44. The summed E-state index contributed by atoms with van der Waals surface area (Å²) in [6.07, 6.45) is 3.20. The Labute approximate surface area is 118 Å². The fourth-order valence-corrected chi connectivity index (χ4v) is 2.24. The molecule has 0 amide bonds. The van der Waals surface area contributed by atoms with Crippen LogP contribution in [0.25, 0.3) is 0 Å². The standard InChI is InChI=1S/C13H11BrN2O3/c14-9-4-16-5-10(15)13(9)17-6-8-1-2-11-12(3-8)19-7-18-11/h1-5H,6-7,15H2. The summed E-state index contributed by atoms with van der Waals surface area (Å²) < 4.78 is 17.0. The highest BCUT2D eigenvalue weighted by atomic mass is 79.9. The number of hydrogen-bond acceptors (Lipinski definition) is 5. The van der Waals surface area contributed by atoms with Crippen molar-refractivity contribution in [2.45, 2.75) is 6.61 Å². The van der Waals surface area contributed by atoms with E-state index in [-0.39, 0.29) is 6.79 Å². The molecule has 5 nitrogen and oxygen atoms in total. The van der Waals surface area contributed by atoms with Gasteiger partial charge in [-0.2, -0.15) is 0 Å². The molecule has 0 saturated carbocycles. The van der Waals surface area contributed by atoms with E-state index in [2.05, 4.69) is 20.9 Å². The van der Waals surface area contributed by atoms with Gasteiger partial charge in [0.15, 0.2) is 17.2 Å². The maximum absolute atomic E-state index is 5.81. The molecular formula is C13H11BrN2O3. The van der Waals surface area contributed by atoms with Crippen LogP contribution in [-0.4, -0.2) is 11.8 Å². The Morgan fingerprint density at radius 1 is 1.26 bits per heavy atom. The fourth-order valence-electron chi connectivity index (χ4n) is 1.78.